The number of rotatable bonds is 7. The average Bonchev–Trinajstić information content (AvgIpc) is 3.05. The topological polar surface area (TPSA) is 70.2 Å². The SMILES string of the molecule is CN1CCN(C[C@H](CN2C(=O)c3ccccc3C2=O)OC(=O)/C=C/c2ccc(Cl)cc2)CC1. The summed E-state index contributed by atoms with van der Waals surface area (Å²) in [5.74, 6) is -1.24. The fourth-order valence-corrected chi connectivity index (χ4v) is 4.13. The zero-order chi connectivity index (χ0) is 23.4. The van der Waals surface area contributed by atoms with Gasteiger partial charge in [-0.1, -0.05) is 35.9 Å². The first-order chi connectivity index (χ1) is 15.9. The quantitative estimate of drug-likeness (QED) is 0.354. The molecule has 0 aliphatic carbocycles. The molecule has 7 nitrogen and oxygen atoms in total. The Bertz CT molecular complexity index is 1030. The van der Waals surface area contributed by atoms with Crippen LogP contribution in [0.1, 0.15) is 26.3 Å². The number of likely N-dealkylation sites (N-methyl/N-ethyl adjacent to an activating group) is 1. The van der Waals surface area contributed by atoms with Crippen molar-refractivity contribution in [3.8, 4) is 0 Å². The molecule has 0 N–H and O–H groups in total. The van der Waals surface area contributed by atoms with Crippen molar-refractivity contribution in [3.05, 3.63) is 76.3 Å². The first-order valence-electron chi connectivity index (χ1n) is 10.9. The van der Waals surface area contributed by atoms with Gasteiger partial charge in [0, 0.05) is 43.8 Å². The van der Waals surface area contributed by atoms with Crippen LogP contribution in [0.2, 0.25) is 5.02 Å². The molecule has 2 aromatic carbocycles. The normalized spacial score (nSPS) is 18.1. The molecular formula is C25H26ClN3O4. The Kier molecular flexibility index (Phi) is 7.23. The summed E-state index contributed by atoms with van der Waals surface area (Å²) in [5.41, 5.74) is 1.58. The molecule has 2 heterocycles. The Morgan fingerprint density at radius 3 is 2.18 bits per heavy atom. The molecule has 0 spiro atoms. The lowest BCUT2D eigenvalue weighted by atomic mass is 10.1. The second-order valence-electron chi connectivity index (χ2n) is 8.31. The van der Waals surface area contributed by atoms with E-state index in [0.29, 0.717) is 22.7 Å². The molecule has 0 radical (unpaired) electrons. The maximum Gasteiger partial charge on any atom is 0.331 e. The van der Waals surface area contributed by atoms with E-state index in [0.717, 1.165) is 31.7 Å². The summed E-state index contributed by atoms with van der Waals surface area (Å²) in [6.45, 7) is 3.93. The lowest BCUT2D eigenvalue weighted by Crippen LogP contribution is -2.50. The second kappa shape index (κ2) is 10.3. The summed E-state index contributed by atoms with van der Waals surface area (Å²) in [6, 6.07) is 13.8. The van der Waals surface area contributed by atoms with Gasteiger partial charge < -0.3 is 9.64 Å². The fraction of sp³-hybridized carbons (Fsp3) is 0.320. The number of halogens is 1. The van der Waals surface area contributed by atoms with Gasteiger partial charge in [-0.05, 0) is 43.0 Å². The van der Waals surface area contributed by atoms with Crippen LogP contribution in [0.5, 0.6) is 0 Å². The highest BCUT2D eigenvalue weighted by Gasteiger charge is 2.37. The minimum absolute atomic E-state index is 0.0131. The predicted molar refractivity (Wildman–Crippen MR) is 126 cm³/mol. The van der Waals surface area contributed by atoms with Crippen LogP contribution in [0.15, 0.2) is 54.6 Å². The van der Waals surface area contributed by atoms with Crippen molar-refractivity contribution < 1.29 is 19.1 Å². The highest BCUT2D eigenvalue weighted by atomic mass is 35.5. The zero-order valence-corrected chi connectivity index (χ0v) is 19.2. The van der Waals surface area contributed by atoms with Crippen LogP contribution < -0.4 is 0 Å². The van der Waals surface area contributed by atoms with Crippen LogP contribution in [0.4, 0.5) is 0 Å². The number of carbonyl (C=O) groups excluding carboxylic acids is 3. The van der Waals surface area contributed by atoms with Crippen molar-refractivity contribution in [2.45, 2.75) is 6.10 Å². The van der Waals surface area contributed by atoms with Crippen molar-refractivity contribution >= 4 is 35.5 Å². The number of ether oxygens (including phenoxy) is 1. The Morgan fingerprint density at radius 2 is 1.58 bits per heavy atom. The van der Waals surface area contributed by atoms with E-state index >= 15 is 0 Å². The largest absolute Gasteiger partial charge is 0.456 e. The van der Waals surface area contributed by atoms with Crippen LogP contribution >= 0.6 is 11.6 Å². The molecule has 0 bridgehead atoms. The summed E-state index contributed by atoms with van der Waals surface area (Å²) < 4.78 is 5.73. The van der Waals surface area contributed by atoms with Gasteiger partial charge in [-0.15, -0.1) is 0 Å². The smallest absolute Gasteiger partial charge is 0.331 e. The average molecular weight is 468 g/mol. The first kappa shape index (κ1) is 23.2. The summed E-state index contributed by atoms with van der Waals surface area (Å²) in [4.78, 5) is 43.8. The summed E-state index contributed by atoms with van der Waals surface area (Å²) in [6.07, 6.45) is 2.36. The Balaban J connectivity index is 1.46. The molecule has 8 heteroatoms. The third-order valence-corrected chi connectivity index (χ3v) is 6.14. The van der Waals surface area contributed by atoms with Crippen molar-refractivity contribution in [2.24, 2.45) is 0 Å². The Labute approximate surface area is 198 Å². The molecule has 2 amide bonds. The molecule has 1 fully saturated rings. The van der Waals surface area contributed by atoms with Crippen molar-refractivity contribution in [1.29, 1.82) is 0 Å². The van der Waals surface area contributed by atoms with Gasteiger partial charge in [0.25, 0.3) is 11.8 Å². The molecule has 0 unspecified atom stereocenters. The molecule has 2 aliphatic heterocycles. The number of fused-ring (bicyclic) bond motifs is 1. The van der Waals surface area contributed by atoms with Gasteiger partial charge >= 0.3 is 5.97 Å². The second-order valence-corrected chi connectivity index (χ2v) is 8.75. The predicted octanol–water partition coefficient (Wildman–Crippen LogP) is 2.81. The zero-order valence-electron chi connectivity index (χ0n) is 18.4. The lowest BCUT2D eigenvalue weighted by Gasteiger charge is -2.35. The van der Waals surface area contributed by atoms with E-state index in [-0.39, 0.29) is 18.4 Å². The van der Waals surface area contributed by atoms with Crippen LogP contribution in [0.25, 0.3) is 6.08 Å². The summed E-state index contributed by atoms with van der Waals surface area (Å²) in [5, 5.41) is 0.614. The van der Waals surface area contributed by atoms with Gasteiger partial charge in [0.1, 0.15) is 6.10 Å². The Morgan fingerprint density at radius 1 is 0.970 bits per heavy atom. The molecule has 172 valence electrons. The highest BCUT2D eigenvalue weighted by Crippen LogP contribution is 2.23. The van der Waals surface area contributed by atoms with E-state index < -0.39 is 12.1 Å². The van der Waals surface area contributed by atoms with E-state index in [9.17, 15) is 14.4 Å². The first-order valence-corrected chi connectivity index (χ1v) is 11.3. The molecule has 33 heavy (non-hydrogen) atoms. The van der Waals surface area contributed by atoms with E-state index in [1.165, 1.54) is 11.0 Å². The molecular weight excluding hydrogens is 442 g/mol. The number of amides is 2. The van der Waals surface area contributed by atoms with Gasteiger partial charge in [-0.25, -0.2) is 4.79 Å². The number of imide groups is 1. The van der Waals surface area contributed by atoms with Gasteiger partial charge in [0.05, 0.1) is 17.7 Å². The summed E-state index contributed by atoms with van der Waals surface area (Å²) in [7, 11) is 2.06. The lowest BCUT2D eigenvalue weighted by molar-refractivity contribution is -0.144. The number of benzene rings is 2. The molecule has 2 aromatic rings. The van der Waals surface area contributed by atoms with Crippen molar-refractivity contribution in [2.75, 3.05) is 46.3 Å². The Hall–Kier alpha value is -3.00. The van der Waals surface area contributed by atoms with Crippen LogP contribution in [0.3, 0.4) is 0 Å². The maximum atomic E-state index is 12.8. The number of piperazine rings is 1. The number of hydrogen-bond donors (Lipinski definition) is 0. The number of carbonyl (C=O) groups is 3. The standard InChI is InChI=1S/C25H26ClN3O4/c1-27-12-14-28(15-13-27)16-20(33-23(30)11-8-18-6-9-19(26)10-7-18)17-29-24(31)21-4-2-3-5-22(21)25(29)32/h2-11,20H,12-17H2,1H3/b11-8+/t20-/m1/s1. The fourth-order valence-electron chi connectivity index (χ4n) is 4.00. The molecule has 4 rings (SSSR count). The van der Waals surface area contributed by atoms with E-state index in [2.05, 4.69) is 16.8 Å². The van der Waals surface area contributed by atoms with E-state index in [1.54, 1.807) is 54.6 Å². The van der Waals surface area contributed by atoms with Crippen LogP contribution in [0, 0.1) is 0 Å². The maximum absolute atomic E-state index is 12.8. The molecule has 1 atom stereocenters. The third-order valence-electron chi connectivity index (χ3n) is 5.89. The number of hydrogen-bond acceptors (Lipinski definition) is 6. The minimum Gasteiger partial charge on any atom is -0.456 e. The monoisotopic (exact) mass is 467 g/mol. The van der Waals surface area contributed by atoms with E-state index in [1.807, 2.05) is 0 Å². The van der Waals surface area contributed by atoms with Crippen LogP contribution in [-0.2, 0) is 9.53 Å². The number of esters is 1. The van der Waals surface area contributed by atoms with Crippen molar-refractivity contribution in [1.82, 2.24) is 14.7 Å². The van der Waals surface area contributed by atoms with E-state index in [4.69, 9.17) is 16.3 Å². The van der Waals surface area contributed by atoms with Gasteiger partial charge in [-0.3, -0.25) is 19.4 Å². The van der Waals surface area contributed by atoms with Gasteiger partial charge in [0.2, 0.25) is 0 Å². The molecule has 0 saturated carbocycles. The van der Waals surface area contributed by atoms with Gasteiger partial charge in [-0.2, -0.15) is 0 Å². The minimum atomic E-state index is -0.641. The third kappa shape index (κ3) is 5.68. The van der Waals surface area contributed by atoms with Crippen molar-refractivity contribution in [3.63, 3.8) is 0 Å². The highest BCUT2D eigenvalue weighted by molar-refractivity contribution is 6.30. The molecule has 1 saturated heterocycles. The summed E-state index contributed by atoms with van der Waals surface area (Å²) >= 11 is 5.90. The van der Waals surface area contributed by atoms with Crippen LogP contribution in [-0.4, -0.2) is 84.9 Å². The molecule has 2 aliphatic rings. The van der Waals surface area contributed by atoms with Gasteiger partial charge in [0.15, 0.2) is 0 Å². The molecule has 0 aromatic heterocycles. The number of nitrogens with zero attached hydrogens (tertiary/aromatic N) is 3.